The number of alkyl halides is 1. The van der Waals surface area contributed by atoms with Crippen molar-refractivity contribution in [2.45, 2.75) is 12.2 Å². The van der Waals surface area contributed by atoms with Gasteiger partial charge in [0.1, 0.15) is 24.4 Å². The van der Waals surface area contributed by atoms with Gasteiger partial charge < -0.3 is 10.2 Å². The van der Waals surface area contributed by atoms with Crippen molar-refractivity contribution in [2.24, 2.45) is 10.7 Å². The molecule has 3 aromatic rings. The van der Waals surface area contributed by atoms with Crippen LogP contribution in [0.5, 0.6) is 0 Å². The summed E-state index contributed by atoms with van der Waals surface area (Å²) in [6.45, 7) is -0.805. The fraction of sp³-hybridized carbons (Fsp3) is 0.158. The third-order valence-electron chi connectivity index (χ3n) is 4.70. The lowest BCUT2D eigenvalue weighted by molar-refractivity contribution is -0.129. The zero-order valence-corrected chi connectivity index (χ0v) is 14.8. The normalized spacial score (nSPS) is 19.2. The highest BCUT2D eigenvalue weighted by atomic mass is 19.1. The third kappa shape index (κ3) is 2.55. The van der Waals surface area contributed by atoms with Crippen LogP contribution < -0.4 is 5.73 Å². The zero-order chi connectivity index (χ0) is 19.9. The first-order chi connectivity index (χ1) is 13.5. The number of pyridine rings is 1. The van der Waals surface area contributed by atoms with Crippen molar-refractivity contribution >= 4 is 11.9 Å². The Morgan fingerprint density at radius 2 is 2.00 bits per heavy atom. The van der Waals surface area contributed by atoms with Crippen LogP contribution in [0, 0.1) is 5.82 Å². The molecule has 4 rings (SSSR count). The van der Waals surface area contributed by atoms with Crippen molar-refractivity contribution in [3.8, 4) is 11.3 Å². The van der Waals surface area contributed by atoms with Gasteiger partial charge in [-0.15, -0.1) is 0 Å². The average Bonchev–Trinajstić information content (AvgIpc) is 3.32. The number of benzene rings is 1. The number of rotatable bonds is 4. The second-order valence-corrected chi connectivity index (χ2v) is 6.28. The lowest BCUT2D eigenvalue weighted by Crippen LogP contribution is -2.41. The number of hydrogen-bond donors (Lipinski definition) is 1. The van der Waals surface area contributed by atoms with Crippen LogP contribution in [0.3, 0.4) is 0 Å². The number of aromatic nitrogens is 2. The number of hydrogen-bond acceptors (Lipinski definition) is 6. The van der Waals surface area contributed by atoms with E-state index in [-0.39, 0.29) is 22.9 Å². The molecule has 0 saturated heterocycles. The molecule has 0 aliphatic carbocycles. The Balaban J connectivity index is 1.98. The van der Waals surface area contributed by atoms with Gasteiger partial charge in [-0.2, -0.15) is 0 Å². The molecule has 2 N–H and O–H groups in total. The minimum atomic E-state index is -1.59. The van der Waals surface area contributed by atoms with Gasteiger partial charge in [0.2, 0.25) is 0 Å². The molecule has 1 aliphatic rings. The number of aliphatic imine (C=N–C) groups is 1. The standard InChI is InChI=1S/C19H15F2N5O2/c1-26-17(27)19(25-18(26)22,12-4-5-23-13(6-12)8-20)11-2-3-15(21)14(7-11)16-9-28-10-24-16/h2-7,9-10H,8H2,1H3,(H2,22,25). The van der Waals surface area contributed by atoms with E-state index < -0.39 is 23.9 Å². The maximum Gasteiger partial charge on any atom is 0.266 e. The molecule has 1 unspecified atom stereocenters. The second-order valence-electron chi connectivity index (χ2n) is 6.28. The molecule has 0 saturated carbocycles. The van der Waals surface area contributed by atoms with Crippen molar-refractivity contribution in [2.75, 3.05) is 7.05 Å². The first-order valence-electron chi connectivity index (χ1n) is 8.31. The van der Waals surface area contributed by atoms with E-state index in [1.54, 1.807) is 6.07 Å². The number of likely N-dealkylation sites (N-methyl/N-ethyl adjacent to an activating group) is 1. The van der Waals surface area contributed by atoms with Crippen LogP contribution in [-0.2, 0) is 17.0 Å². The number of nitrogens with two attached hydrogens (primary N) is 1. The summed E-state index contributed by atoms with van der Waals surface area (Å²) in [4.78, 5) is 26.7. The number of halogens is 2. The van der Waals surface area contributed by atoms with Crippen LogP contribution in [0.4, 0.5) is 8.78 Å². The molecule has 142 valence electrons. The maximum absolute atomic E-state index is 14.4. The summed E-state index contributed by atoms with van der Waals surface area (Å²) in [7, 11) is 1.49. The number of nitrogens with zero attached hydrogens (tertiary/aromatic N) is 4. The molecule has 1 aliphatic heterocycles. The molecule has 7 nitrogen and oxygen atoms in total. The average molecular weight is 383 g/mol. The van der Waals surface area contributed by atoms with Gasteiger partial charge in [0.15, 0.2) is 17.9 Å². The van der Waals surface area contributed by atoms with Crippen molar-refractivity contribution < 1.29 is 18.0 Å². The van der Waals surface area contributed by atoms with E-state index in [4.69, 9.17) is 10.2 Å². The van der Waals surface area contributed by atoms with Gasteiger partial charge in [0.25, 0.3) is 5.91 Å². The molecule has 1 aromatic carbocycles. The second kappa shape index (κ2) is 6.52. The molecular weight excluding hydrogens is 368 g/mol. The first-order valence-corrected chi connectivity index (χ1v) is 8.31. The fourth-order valence-corrected chi connectivity index (χ4v) is 3.25. The Morgan fingerprint density at radius 1 is 1.21 bits per heavy atom. The molecule has 0 spiro atoms. The Morgan fingerprint density at radius 3 is 2.64 bits per heavy atom. The van der Waals surface area contributed by atoms with E-state index in [0.29, 0.717) is 11.1 Å². The minimum absolute atomic E-state index is 0.00378. The van der Waals surface area contributed by atoms with Crippen LogP contribution in [-0.4, -0.2) is 33.8 Å². The maximum atomic E-state index is 14.4. The van der Waals surface area contributed by atoms with Crippen molar-refractivity contribution in [1.29, 1.82) is 0 Å². The smallest absolute Gasteiger partial charge is 0.266 e. The Labute approximate surface area is 158 Å². The van der Waals surface area contributed by atoms with Gasteiger partial charge in [0, 0.05) is 18.8 Å². The largest absolute Gasteiger partial charge is 0.451 e. The summed E-state index contributed by atoms with van der Waals surface area (Å²) >= 11 is 0. The molecule has 9 heteroatoms. The van der Waals surface area contributed by atoms with E-state index >= 15 is 0 Å². The number of guanidine groups is 1. The topological polar surface area (TPSA) is 97.6 Å². The van der Waals surface area contributed by atoms with Gasteiger partial charge in [-0.05, 0) is 35.4 Å². The van der Waals surface area contributed by atoms with Crippen molar-refractivity contribution in [3.63, 3.8) is 0 Å². The number of carbonyl (C=O) groups excluding carboxylic acids is 1. The lowest BCUT2D eigenvalue weighted by Gasteiger charge is -2.26. The molecule has 0 fully saturated rings. The minimum Gasteiger partial charge on any atom is -0.451 e. The summed E-state index contributed by atoms with van der Waals surface area (Å²) in [6, 6.07) is 7.15. The van der Waals surface area contributed by atoms with Crippen LogP contribution in [0.25, 0.3) is 11.3 Å². The highest BCUT2D eigenvalue weighted by Crippen LogP contribution is 2.41. The van der Waals surface area contributed by atoms with E-state index in [0.717, 1.165) is 0 Å². The molecule has 0 radical (unpaired) electrons. The Hall–Kier alpha value is -3.62. The lowest BCUT2D eigenvalue weighted by atomic mass is 9.82. The molecule has 1 atom stereocenters. The van der Waals surface area contributed by atoms with Gasteiger partial charge in [-0.1, -0.05) is 6.07 Å². The van der Waals surface area contributed by atoms with Gasteiger partial charge in [0.05, 0.1) is 5.69 Å². The van der Waals surface area contributed by atoms with Crippen LogP contribution in [0.1, 0.15) is 16.8 Å². The van der Waals surface area contributed by atoms with Gasteiger partial charge in [-0.3, -0.25) is 14.7 Å². The molecule has 3 heterocycles. The predicted molar refractivity (Wildman–Crippen MR) is 96.1 cm³/mol. The molecule has 1 amide bonds. The van der Waals surface area contributed by atoms with Gasteiger partial charge in [-0.25, -0.2) is 18.8 Å². The van der Waals surface area contributed by atoms with Crippen molar-refractivity contribution in [1.82, 2.24) is 14.9 Å². The van der Waals surface area contributed by atoms with E-state index in [2.05, 4.69) is 15.0 Å². The Kier molecular flexibility index (Phi) is 4.14. The number of carbonyl (C=O) groups is 1. The summed E-state index contributed by atoms with van der Waals surface area (Å²) in [5.41, 5.74) is 5.63. The van der Waals surface area contributed by atoms with Crippen LogP contribution in [0.2, 0.25) is 0 Å². The quantitative estimate of drug-likeness (QED) is 0.746. The molecule has 28 heavy (non-hydrogen) atoms. The summed E-state index contributed by atoms with van der Waals surface area (Å²) in [5, 5.41) is 0. The fourth-order valence-electron chi connectivity index (χ4n) is 3.25. The van der Waals surface area contributed by atoms with E-state index in [9.17, 15) is 13.6 Å². The predicted octanol–water partition coefficient (Wildman–Crippen LogP) is 2.38. The highest BCUT2D eigenvalue weighted by molar-refractivity contribution is 6.09. The van der Waals surface area contributed by atoms with E-state index in [1.165, 1.54) is 55.1 Å². The third-order valence-corrected chi connectivity index (χ3v) is 4.70. The zero-order valence-electron chi connectivity index (χ0n) is 14.8. The number of amides is 1. The van der Waals surface area contributed by atoms with Crippen LogP contribution >= 0.6 is 0 Å². The summed E-state index contributed by atoms with van der Waals surface area (Å²) in [6.07, 6.45) is 3.87. The number of oxazole rings is 1. The van der Waals surface area contributed by atoms with Crippen molar-refractivity contribution in [3.05, 3.63) is 71.8 Å². The SMILES string of the molecule is CN1C(=O)C(c2ccnc(CF)c2)(c2ccc(F)c(-c3cocn3)c2)N=C1N. The Bertz CT molecular complexity index is 1080. The molecular formula is C19H15F2N5O2. The monoisotopic (exact) mass is 383 g/mol. The van der Waals surface area contributed by atoms with E-state index in [1.807, 2.05) is 0 Å². The van der Waals surface area contributed by atoms with Crippen LogP contribution in [0.15, 0.2) is 58.6 Å². The summed E-state index contributed by atoms with van der Waals surface area (Å²) in [5.74, 6) is -0.989. The first kappa shape index (κ1) is 17.8. The summed E-state index contributed by atoms with van der Waals surface area (Å²) < 4.78 is 32.5. The molecule has 0 bridgehead atoms. The molecule has 2 aromatic heterocycles. The van der Waals surface area contributed by atoms with Gasteiger partial charge >= 0.3 is 0 Å². The highest BCUT2D eigenvalue weighted by Gasteiger charge is 2.50.